The quantitative estimate of drug-likeness (QED) is 0.645. The zero-order valence-electron chi connectivity index (χ0n) is 12.8. The highest BCUT2D eigenvalue weighted by molar-refractivity contribution is 5.81. The molecule has 0 bridgehead atoms. The molecule has 1 rings (SSSR count). The maximum absolute atomic E-state index is 12.2. The van der Waals surface area contributed by atoms with E-state index in [4.69, 9.17) is 10.5 Å². The molecule has 21 heavy (non-hydrogen) atoms. The number of rotatable bonds is 7. The van der Waals surface area contributed by atoms with Gasteiger partial charge in [0.25, 0.3) is 0 Å². The molecule has 0 aromatic carbocycles. The number of primary amides is 1. The van der Waals surface area contributed by atoms with Crippen molar-refractivity contribution in [3.05, 3.63) is 0 Å². The number of piperidine rings is 1. The van der Waals surface area contributed by atoms with Gasteiger partial charge in [0.1, 0.15) is 0 Å². The number of likely N-dealkylation sites (N-methyl/N-ethyl adjacent to an activating group) is 1. The van der Waals surface area contributed by atoms with Crippen LogP contribution in [0.15, 0.2) is 0 Å². The molecule has 1 heterocycles. The minimum atomic E-state index is -0.344. The number of hydrogen-bond acceptors (Lipinski definition) is 5. The molecule has 120 valence electrons. The highest BCUT2D eigenvalue weighted by Crippen LogP contribution is 2.16. The second-order valence-corrected chi connectivity index (χ2v) is 5.37. The molecule has 0 radical (unpaired) electrons. The Morgan fingerprint density at radius 2 is 2.10 bits per heavy atom. The van der Waals surface area contributed by atoms with Gasteiger partial charge >= 0.3 is 5.97 Å². The predicted octanol–water partition coefficient (Wildman–Crippen LogP) is -0.405. The van der Waals surface area contributed by atoms with Crippen molar-refractivity contribution in [3.63, 3.8) is 0 Å². The Hall–Kier alpha value is -1.63. The first kappa shape index (κ1) is 17.4. The standard InChI is InChI=1S/C14H25N3O4/c1-3-21-13(19)6-8-16(2)10-12(18)17-7-4-5-11(9-17)14(15)20/h11H,3-10H2,1-2H3,(H2,15,20). The molecule has 1 atom stereocenters. The van der Waals surface area contributed by atoms with Gasteiger partial charge in [-0.3, -0.25) is 19.3 Å². The Bertz CT molecular complexity index is 386. The number of carbonyl (C=O) groups is 3. The third kappa shape index (κ3) is 6.12. The first-order valence-electron chi connectivity index (χ1n) is 7.35. The van der Waals surface area contributed by atoms with Crippen LogP contribution in [0, 0.1) is 5.92 Å². The topological polar surface area (TPSA) is 92.9 Å². The SMILES string of the molecule is CCOC(=O)CCN(C)CC(=O)N1CCCC(C(N)=O)C1. The molecule has 7 nitrogen and oxygen atoms in total. The second-order valence-electron chi connectivity index (χ2n) is 5.37. The summed E-state index contributed by atoms with van der Waals surface area (Å²) in [7, 11) is 1.78. The van der Waals surface area contributed by atoms with E-state index < -0.39 is 0 Å². The van der Waals surface area contributed by atoms with E-state index in [1.165, 1.54) is 0 Å². The summed E-state index contributed by atoms with van der Waals surface area (Å²) in [5, 5.41) is 0. The Kier molecular flexibility index (Phi) is 7.14. The van der Waals surface area contributed by atoms with Gasteiger partial charge in [-0.2, -0.15) is 0 Å². The van der Waals surface area contributed by atoms with Gasteiger partial charge in [0.05, 0.1) is 25.5 Å². The average Bonchev–Trinajstić information content (AvgIpc) is 2.45. The Morgan fingerprint density at radius 3 is 2.71 bits per heavy atom. The summed E-state index contributed by atoms with van der Waals surface area (Å²) in [5.74, 6) is -0.883. The largest absolute Gasteiger partial charge is 0.466 e. The maximum atomic E-state index is 12.2. The van der Waals surface area contributed by atoms with E-state index in [2.05, 4.69) is 0 Å². The Labute approximate surface area is 125 Å². The highest BCUT2D eigenvalue weighted by Gasteiger charge is 2.27. The summed E-state index contributed by atoms with van der Waals surface area (Å²) in [4.78, 5) is 38.1. The smallest absolute Gasteiger partial charge is 0.307 e. The first-order valence-corrected chi connectivity index (χ1v) is 7.35. The number of amides is 2. The molecule has 1 unspecified atom stereocenters. The van der Waals surface area contributed by atoms with Crippen molar-refractivity contribution in [2.75, 3.05) is 39.8 Å². The van der Waals surface area contributed by atoms with Crippen molar-refractivity contribution >= 4 is 17.8 Å². The molecular weight excluding hydrogens is 274 g/mol. The first-order chi connectivity index (χ1) is 9.93. The molecule has 2 N–H and O–H groups in total. The van der Waals surface area contributed by atoms with Crippen LogP contribution in [0.25, 0.3) is 0 Å². The number of nitrogens with zero attached hydrogens (tertiary/aromatic N) is 2. The Morgan fingerprint density at radius 1 is 1.38 bits per heavy atom. The lowest BCUT2D eigenvalue weighted by atomic mass is 9.97. The highest BCUT2D eigenvalue weighted by atomic mass is 16.5. The lowest BCUT2D eigenvalue weighted by Crippen LogP contribution is -2.47. The van der Waals surface area contributed by atoms with Crippen LogP contribution < -0.4 is 5.73 Å². The van der Waals surface area contributed by atoms with Crippen LogP contribution in [-0.2, 0) is 19.1 Å². The zero-order valence-corrected chi connectivity index (χ0v) is 12.8. The normalized spacial score (nSPS) is 18.6. The van der Waals surface area contributed by atoms with E-state index >= 15 is 0 Å². The summed E-state index contributed by atoms with van der Waals surface area (Å²) < 4.78 is 4.84. The van der Waals surface area contributed by atoms with Crippen molar-refractivity contribution in [2.24, 2.45) is 11.7 Å². The molecule has 1 aliphatic rings. The fraction of sp³-hybridized carbons (Fsp3) is 0.786. The van der Waals surface area contributed by atoms with E-state index in [0.29, 0.717) is 26.2 Å². The van der Waals surface area contributed by atoms with Crippen molar-refractivity contribution in [3.8, 4) is 0 Å². The van der Waals surface area contributed by atoms with Crippen molar-refractivity contribution in [2.45, 2.75) is 26.2 Å². The van der Waals surface area contributed by atoms with E-state index in [-0.39, 0.29) is 36.7 Å². The molecule has 7 heteroatoms. The molecule has 0 aromatic heterocycles. The molecule has 0 spiro atoms. The van der Waals surface area contributed by atoms with Crippen LogP contribution in [0.5, 0.6) is 0 Å². The van der Waals surface area contributed by atoms with Crippen molar-refractivity contribution < 1.29 is 19.1 Å². The van der Waals surface area contributed by atoms with Crippen molar-refractivity contribution in [1.29, 1.82) is 0 Å². The minimum Gasteiger partial charge on any atom is -0.466 e. The van der Waals surface area contributed by atoms with Gasteiger partial charge in [0.15, 0.2) is 0 Å². The number of carbonyl (C=O) groups excluding carboxylic acids is 3. The average molecular weight is 299 g/mol. The third-order valence-electron chi connectivity index (χ3n) is 3.58. The van der Waals surface area contributed by atoms with Crippen molar-refractivity contribution in [1.82, 2.24) is 9.80 Å². The van der Waals surface area contributed by atoms with Gasteiger partial charge in [-0.25, -0.2) is 0 Å². The van der Waals surface area contributed by atoms with Crippen LogP contribution in [-0.4, -0.2) is 67.4 Å². The number of likely N-dealkylation sites (tertiary alicyclic amines) is 1. The zero-order chi connectivity index (χ0) is 15.8. The number of nitrogens with two attached hydrogens (primary N) is 1. The maximum Gasteiger partial charge on any atom is 0.307 e. The van der Waals surface area contributed by atoms with Gasteiger partial charge in [-0.05, 0) is 26.8 Å². The molecule has 0 aromatic rings. The molecular formula is C14H25N3O4. The van der Waals surface area contributed by atoms with Crippen LogP contribution in [0.2, 0.25) is 0 Å². The van der Waals surface area contributed by atoms with Crippen LogP contribution >= 0.6 is 0 Å². The van der Waals surface area contributed by atoms with Gasteiger partial charge in [0.2, 0.25) is 11.8 Å². The monoisotopic (exact) mass is 299 g/mol. The fourth-order valence-electron chi connectivity index (χ4n) is 2.36. The summed E-state index contributed by atoms with van der Waals surface area (Å²) in [6, 6.07) is 0. The third-order valence-corrected chi connectivity index (χ3v) is 3.58. The predicted molar refractivity (Wildman–Crippen MR) is 77.2 cm³/mol. The fourth-order valence-corrected chi connectivity index (χ4v) is 2.36. The van der Waals surface area contributed by atoms with Crippen LogP contribution in [0.4, 0.5) is 0 Å². The minimum absolute atomic E-state index is 0.0349. The van der Waals surface area contributed by atoms with E-state index in [9.17, 15) is 14.4 Å². The summed E-state index contributed by atoms with van der Waals surface area (Å²) >= 11 is 0. The molecule has 0 saturated carbocycles. The van der Waals surface area contributed by atoms with Gasteiger partial charge in [-0.1, -0.05) is 0 Å². The van der Waals surface area contributed by atoms with E-state index in [1.54, 1.807) is 23.8 Å². The summed E-state index contributed by atoms with van der Waals surface area (Å²) in [6.07, 6.45) is 1.81. The van der Waals surface area contributed by atoms with Gasteiger partial charge < -0.3 is 15.4 Å². The molecule has 2 amide bonds. The Balaban J connectivity index is 2.34. The van der Waals surface area contributed by atoms with Gasteiger partial charge in [0, 0.05) is 19.6 Å². The summed E-state index contributed by atoms with van der Waals surface area (Å²) in [6.45, 7) is 3.89. The molecule has 1 saturated heterocycles. The van der Waals surface area contributed by atoms with Gasteiger partial charge in [-0.15, -0.1) is 0 Å². The molecule has 1 fully saturated rings. The van der Waals surface area contributed by atoms with E-state index in [1.807, 2.05) is 0 Å². The second kappa shape index (κ2) is 8.61. The van der Waals surface area contributed by atoms with Crippen LogP contribution in [0.1, 0.15) is 26.2 Å². The number of esters is 1. The molecule has 0 aliphatic carbocycles. The number of hydrogen-bond donors (Lipinski definition) is 1. The lowest BCUT2D eigenvalue weighted by Gasteiger charge is -2.32. The number of ether oxygens (including phenoxy) is 1. The summed E-state index contributed by atoms with van der Waals surface area (Å²) in [5.41, 5.74) is 5.30. The van der Waals surface area contributed by atoms with Crippen LogP contribution in [0.3, 0.4) is 0 Å². The van der Waals surface area contributed by atoms with E-state index in [0.717, 1.165) is 12.8 Å². The molecule has 1 aliphatic heterocycles. The lowest BCUT2D eigenvalue weighted by molar-refractivity contribution is -0.144.